The molecular formula is C52H31N5O. The van der Waals surface area contributed by atoms with Crippen LogP contribution in [0.4, 0.5) is 0 Å². The minimum Gasteiger partial charge on any atom is -0.438 e. The summed E-state index contributed by atoms with van der Waals surface area (Å²) < 4.78 is 8.53. The van der Waals surface area contributed by atoms with Gasteiger partial charge in [0.1, 0.15) is 5.58 Å². The van der Waals surface area contributed by atoms with Crippen LogP contribution in [-0.4, -0.2) is 24.5 Å². The molecule has 0 saturated heterocycles. The predicted octanol–water partition coefficient (Wildman–Crippen LogP) is 13.2. The minimum atomic E-state index is 0.568. The highest BCUT2D eigenvalue weighted by Gasteiger charge is 2.19. The number of pyridine rings is 1. The van der Waals surface area contributed by atoms with Gasteiger partial charge >= 0.3 is 0 Å². The Bertz CT molecular complexity index is 3570. The molecule has 0 atom stereocenters. The van der Waals surface area contributed by atoms with E-state index in [4.69, 9.17) is 19.4 Å². The van der Waals surface area contributed by atoms with Gasteiger partial charge in [-0.3, -0.25) is 0 Å². The number of benzene rings is 8. The SMILES string of the molecule is c1ccc(-c2nc(-c3ccc(-n4c5ccccc5c5c6ccccc6c(-c6ccc7ccccc7c6)cc54)cc3)nc(-c3ccc4c(c3)oc3ncccc34)n2)cc1. The zero-order chi connectivity index (χ0) is 38.2. The van der Waals surface area contributed by atoms with Gasteiger partial charge in [-0.1, -0.05) is 115 Å². The van der Waals surface area contributed by atoms with Crippen molar-refractivity contribution in [3.63, 3.8) is 0 Å². The lowest BCUT2D eigenvalue weighted by molar-refractivity contribution is 0.654. The molecule has 0 unspecified atom stereocenters. The molecule has 4 aromatic heterocycles. The van der Waals surface area contributed by atoms with Crippen molar-refractivity contribution in [1.82, 2.24) is 24.5 Å². The van der Waals surface area contributed by atoms with Crippen LogP contribution in [0.2, 0.25) is 0 Å². The van der Waals surface area contributed by atoms with Crippen LogP contribution in [0.5, 0.6) is 0 Å². The standard InChI is InChI=1S/C52H31N5O/c1-2-12-33(13-3-1)49-54-50(56-51(55-49)37-24-27-40-42-18-10-28-53-52(42)58-47(40)30-37)34-22-25-38(26-23-34)57-45-19-9-8-17-43(45)48-41-16-7-6-15-39(41)44(31-46(48)57)36-21-20-32-11-4-5-14-35(32)29-36/h1-31H. The van der Waals surface area contributed by atoms with Crippen molar-refractivity contribution in [2.75, 3.05) is 0 Å². The minimum absolute atomic E-state index is 0.568. The summed E-state index contributed by atoms with van der Waals surface area (Å²) in [7, 11) is 0. The van der Waals surface area contributed by atoms with Crippen molar-refractivity contribution in [3.05, 3.63) is 188 Å². The molecule has 0 aliphatic rings. The fourth-order valence-electron chi connectivity index (χ4n) is 8.56. The summed E-state index contributed by atoms with van der Waals surface area (Å²) in [6, 6.07) is 63.9. The molecule has 0 N–H and O–H groups in total. The summed E-state index contributed by atoms with van der Waals surface area (Å²) in [5.41, 5.74) is 9.74. The van der Waals surface area contributed by atoms with Gasteiger partial charge in [0.05, 0.1) is 11.0 Å². The van der Waals surface area contributed by atoms with Crippen molar-refractivity contribution in [1.29, 1.82) is 0 Å². The molecule has 12 rings (SSSR count). The molecule has 0 aliphatic heterocycles. The van der Waals surface area contributed by atoms with Crippen molar-refractivity contribution < 1.29 is 4.42 Å². The Morgan fingerprint density at radius 1 is 0.397 bits per heavy atom. The largest absolute Gasteiger partial charge is 0.438 e. The fourth-order valence-corrected chi connectivity index (χ4v) is 8.56. The Hall–Kier alpha value is -7.96. The highest BCUT2D eigenvalue weighted by molar-refractivity contribution is 6.24. The molecule has 0 bridgehead atoms. The van der Waals surface area contributed by atoms with E-state index in [1.807, 2.05) is 54.6 Å². The molecular weight excluding hydrogens is 711 g/mol. The molecule has 8 aromatic carbocycles. The van der Waals surface area contributed by atoms with Crippen molar-refractivity contribution in [2.45, 2.75) is 0 Å². The van der Waals surface area contributed by atoms with Gasteiger partial charge < -0.3 is 8.98 Å². The number of rotatable bonds is 5. The molecule has 6 heteroatoms. The van der Waals surface area contributed by atoms with Crippen LogP contribution in [0.1, 0.15) is 0 Å². The number of para-hydroxylation sites is 1. The highest BCUT2D eigenvalue weighted by atomic mass is 16.3. The average molecular weight is 742 g/mol. The molecule has 58 heavy (non-hydrogen) atoms. The van der Waals surface area contributed by atoms with Crippen LogP contribution < -0.4 is 0 Å². The maximum absolute atomic E-state index is 6.14. The van der Waals surface area contributed by atoms with Crippen LogP contribution in [-0.2, 0) is 0 Å². The second-order valence-corrected chi connectivity index (χ2v) is 14.7. The number of nitrogens with zero attached hydrogens (tertiary/aromatic N) is 5. The summed E-state index contributed by atoms with van der Waals surface area (Å²) in [5, 5.41) is 9.37. The van der Waals surface area contributed by atoms with Crippen molar-refractivity contribution in [2.24, 2.45) is 0 Å². The van der Waals surface area contributed by atoms with E-state index in [1.165, 1.54) is 43.4 Å². The second kappa shape index (κ2) is 12.8. The van der Waals surface area contributed by atoms with E-state index >= 15 is 0 Å². The van der Waals surface area contributed by atoms with Crippen molar-refractivity contribution >= 4 is 65.4 Å². The maximum Gasteiger partial charge on any atom is 0.227 e. The first-order valence-electron chi connectivity index (χ1n) is 19.4. The molecule has 0 saturated carbocycles. The first-order valence-corrected chi connectivity index (χ1v) is 19.4. The van der Waals surface area contributed by atoms with Gasteiger partial charge in [0.2, 0.25) is 5.71 Å². The molecule has 12 aromatic rings. The van der Waals surface area contributed by atoms with Gasteiger partial charge in [-0.25, -0.2) is 19.9 Å². The maximum atomic E-state index is 6.14. The first-order chi connectivity index (χ1) is 28.7. The number of furan rings is 1. The Morgan fingerprint density at radius 2 is 1.03 bits per heavy atom. The lowest BCUT2D eigenvalue weighted by Crippen LogP contribution is -2.00. The summed E-state index contributed by atoms with van der Waals surface area (Å²) >= 11 is 0. The van der Waals surface area contributed by atoms with E-state index < -0.39 is 0 Å². The molecule has 6 nitrogen and oxygen atoms in total. The quantitative estimate of drug-likeness (QED) is 0.176. The van der Waals surface area contributed by atoms with Gasteiger partial charge in [-0.05, 0) is 99.4 Å². The van der Waals surface area contributed by atoms with Crippen LogP contribution in [0.25, 0.3) is 116 Å². The van der Waals surface area contributed by atoms with Crippen molar-refractivity contribution in [3.8, 4) is 51.0 Å². The molecule has 0 amide bonds. The highest BCUT2D eigenvalue weighted by Crippen LogP contribution is 2.42. The molecule has 0 radical (unpaired) electrons. The van der Waals surface area contributed by atoms with Gasteiger partial charge in [-0.2, -0.15) is 0 Å². The van der Waals surface area contributed by atoms with E-state index in [-0.39, 0.29) is 0 Å². The Morgan fingerprint density at radius 3 is 1.86 bits per heavy atom. The summed E-state index contributed by atoms with van der Waals surface area (Å²) in [5.74, 6) is 1.76. The summed E-state index contributed by atoms with van der Waals surface area (Å²) in [4.78, 5) is 19.5. The molecule has 270 valence electrons. The predicted molar refractivity (Wildman–Crippen MR) is 236 cm³/mol. The average Bonchev–Trinajstić information content (AvgIpc) is 3.84. The van der Waals surface area contributed by atoms with Gasteiger partial charge in [-0.15, -0.1) is 0 Å². The monoisotopic (exact) mass is 741 g/mol. The Labute approximate surface area is 332 Å². The lowest BCUT2D eigenvalue weighted by atomic mass is 9.93. The van der Waals surface area contributed by atoms with Crippen LogP contribution in [0, 0.1) is 0 Å². The fraction of sp³-hybridized carbons (Fsp3) is 0. The normalized spacial score (nSPS) is 11.8. The van der Waals surface area contributed by atoms with Gasteiger partial charge in [0.25, 0.3) is 0 Å². The molecule has 0 spiro atoms. The van der Waals surface area contributed by atoms with Crippen LogP contribution in [0.15, 0.2) is 193 Å². The number of hydrogen-bond donors (Lipinski definition) is 0. The van der Waals surface area contributed by atoms with E-state index in [9.17, 15) is 0 Å². The number of hydrogen-bond acceptors (Lipinski definition) is 5. The van der Waals surface area contributed by atoms with E-state index in [2.05, 4.69) is 137 Å². The van der Waals surface area contributed by atoms with Crippen LogP contribution in [0.3, 0.4) is 0 Å². The lowest BCUT2D eigenvalue weighted by Gasteiger charge is -2.13. The molecule has 0 aliphatic carbocycles. The topological polar surface area (TPSA) is 69.6 Å². The van der Waals surface area contributed by atoms with Gasteiger partial charge in [0.15, 0.2) is 17.5 Å². The van der Waals surface area contributed by atoms with E-state index in [0.717, 1.165) is 49.8 Å². The first kappa shape index (κ1) is 32.3. The third kappa shape index (κ3) is 5.12. The molecule has 0 fully saturated rings. The molecule has 4 heterocycles. The smallest absolute Gasteiger partial charge is 0.227 e. The third-order valence-electron chi connectivity index (χ3n) is 11.3. The Kier molecular flexibility index (Phi) is 7.13. The summed E-state index contributed by atoms with van der Waals surface area (Å²) in [6.07, 6.45) is 1.74. The van der Waals surface area contributed by atoms with E-state index in [1.54, 1.807) is 6.20 Å². The van der Waals surface area contributed by atoms with E-state index in [0.29, 0.717) is 23.2 Å². The summed E-state index contributed by atoms with van der Waals surface area (Å²) in [6.45, 7) is 0. The zero-order valence-electron chi connectivity index (χ0n) is 31.0. The third-order valence-corrected chi connectivity index (χ3v) is 11.3. The number of aromatic nitrogens is 5. The van der Waals surface area contributed by atoms with Gasteiger partial charge in [0, 0.05) is 50.1 Å². The Balaban J connectivity index is 1.02. The number of fused-ring (bicyclic) bond motifs is 9. The van der Waals surface area contributed by atoms with Crippen LogP contribution >= 0.6 is 0 Å². The second-order valence-electron chi connectivity index (χ2n) is 14.7. The zero-order valence-corrected chi connectivity index (χ0v) is 31.0.